The second-order valence-corrected chi connectivity index (χ2v) is 6.44. The number of ether oxygens (including phenoxy) is 1. The second-order valence-electron chi connectivity index (χ2n) is 5.52. The molecule has 0 unspecified atom stereocenters. The molecule has 0 aliphatic rings. The maximum absolute atomic E-state index is 12.5. The molecule has 0 aliphatic carbocycles. The van der Waals surface area contributed by atoms with E-state index < -0.39 is 0 Å². The third-order valence-electron chi connectivity index (χ3n) is 3.66. The van der Waals surface area contributed by atoms with Crippen molar-refractivity contribution in [1.29, 1.82) is 0 Å². The molecule has 3 aromatic rings. The quantitative estimate of drug-likeness (QED) is 0.640. The highest BCUT2D eigenvalue weighted by atomic mass is 79.9. The number of aromatic nitrogens is 1. The van der Waals surface area contributed by atoms with Crippen LogP contribution in [-0.4, -0.2) is 23.8 Å². The zero-order chi connectivity index (χ0) is 19.2. The SMILES string of the molecule is CNC(=O)c1ccccc1NC(=O)c1ccc(Oc2cccc(Br)c2)nc1. The molecule has 0 radical (unpaired) electrons. The van der Waals surface area contributed by atoms with Crippen LogP contribution in [-0.2, 0) is 0 Å². The van der Waals surface area contributed by atoms with Crippen molar-refractivity contribution in [2.75, 3.05) is 12.4 Å². The van der Waals surface area contributed by atoms with Gasteiger partial charge in [-0.25, -0.2) is 4.98 Å². The summed E-state index contributed by atoms with van der Waals surface area (Å²) in [6.45, 7) is 0. The number of anilines is 1. The summed E-state index contributed by atoms with van der Waals surface area (Å²) in [5.74, 6) is 0.360. The van der Waals surface area contributed by atoms with E-state index in [1.54, 1.807) is 36.4 Å². The number of hydrogen-bond donors (Lipinski definition) is 2. The number of pyridine rings is 1. The molecule has 2 N–H and O–H groups in total. The van der Waals surface area contributed by atoms with E-state index in [-0.39, 0.29) is 11.8 Å². The minimum atomic E-state index is -0.368. The van der Waals surface area contributed by atoms with Gasteiger partial charge in [0.1, 0.15) is 5.75 Å². The summed E-state index contributed by atoms with van der Waals surface area (Å²) in [4.78, 5) is 28.5. The van der Waals surface area contributed by atoms with Gasteiger partial charge in [0, 0.05) is 23.8 Å². The van der Waals surface area contributed by atoms with Gasteiger partial charge in [-0.3, -0.25) is 9.59 Å². The Morgan fingerprint density at radius 1 is 1.00 bits per heavy atom. The maximum atomic E-state index is 12.5. The smallest absolute Gasteiger partial charge is 0.257 e. The van der Waals surface area contributed by atoms with Gasteiger partial charge in [-0.15, -0.1) is 0 Å². The van der Waals surface area contributed by atoms with Crippen LogP contribution < -0.4 is 15.4 Å². The summed E-state index contributed by atoms with van der Waals surface area (Å²) >= 11 is 3.38. The minimum Gasteiger partial charge on any atom is -0.439 e. The predicted molar refractivity (Wildman–Crippen MR) is 106 cm³/mol. The van der Waals surface area contributed by atoms with Gasteiger partial charge in [-0.2, -0.15) is 0 Å². The van der Waals surface area contributed by atoms with E-state index in [9.17, 15) is 9.59 Å². The number of rotatable bonds is 5. The molecule has 136 valence electrons. The number of halogens is 1. The Morgan fingerprint density at radius 2 is 1.81 bits per heavy atom. The fourth-order valence-electron chi connectivity index (χ4n) is 2.35. The minimum absolute atomic E-state index is 0.276. The average molecular weight is 426 g/mol. The number of hydrogen-bond acceptors (Lipinski definition) is 4. The summed E-state index contributed by atoms with van der Waals surface area (Å²) in [7, 11) is 1.54. The largest absolute Gasteiger partial charge is 0.439 e. The number of amides is 2. The lowest BCUT2D eigenvalue weighted by Crippen LogP contribution is -2.21. The Hall–Kier alpha value is -3.19. The lowest BCUT2D eigenvalue weighted by molar-refractivity contribution is 0.0964. The first-order valence-electron chi connectivity index (χ1n) is 8.09. The summed E-state index contributed by atoms with van der Waals surface area (Å²) in [6, 6.07) is 17.4. The number of nitrogens with zero attached hydrogens (tertiary/aromatic N) is 1. The molecular weight excluding hydrogens is 410 g/mol. The van der Waals surface area contributed by atoms with Crippen molar-refractivity contribution in [1.82, 2.24) is 10.3 Å². The molecule has 0 saturated carbocycles. The van der Waals surface area contributed by atoms with E-state index in [4.69, 9.17) is 4.74 Å². The molecule has 1 aromatic heterocycles. The summed E-state index contributed by atoms with van der Waals surface area (Å²) < 4.78 is 6.55. The lowest BCUT2D eigenvalue weighted by Gasteiger charge is -2.10. The molecule has 0 fully saturated rings. The Bertz CT molecular complexity index is 974. The van der Waals surface area contributed by atoms with Crippen molar-refractivity contribution < 1.29 is 14.3 Å². The molecule has 0 saturated heterocycles. The van der Waals surface area contributed by atoms with E-state index in [0.717, 1.165) is 4.47 Å². The average Bonchev–Trinajstić information content (AvgIpc) is 2.68. The highest BCUT2D eigenvalue weighted by Crippen LogP contribution is 2.23. The monoisotopic (exact) mass is 425 g/mol. The Kier molecular flexibility index (Phi) is 5.83. The molecule has 3 rings (SSSR count). The molecule has 7 heteroatoms. The van der Waals surface area contributed by atoms with Crippen LogP contribution in [0.3, 0.4) is 0 Å². The highest BCUT2D eigenvalue weighted by molar-refractivity contribution is 9.10. The number of nitrogens with one attached hydrogen (secondary N) is 2. The van der Waals surface area contributed by atoms with Gasteiger partial charge in [0.2, 0.25) is 5.88 Å². The predicted octanol–water partition coefficient (Wildman–Crippen LogP) is 4.25. The molecule has 1 heterocycles. The maximum Gasteiger partial charge on any atom is 0.257 e. The fourth-order valence-corrected chi connectivity index (χ4v) is 2.72. The third-order valence-corrected chi connectivity index (χ3v) is 4.16. The Balaban J connectivity index is 1.72. The topological polar surface area (TPSA) is 80.3 Å². The van der Waals surface area contributed by atoms with Crippen molar-refractivity contribution in [3.8, 4) is 11.6 Å². The van der Waals surface area contributed by atoms with Crippen molar-refractivity contribution in [2.24, 2.45) is 0 Å². The van der Waals surface area contributed by atoms with Crippen LogP contribution in [0, 0.1) is 0 Å². The molecular formula is C20H16BrN3O3. The van der Waals surface area contributed by atoms with Crippen molar-refractivity contribution in [2.45, 2.75) is 0 Å². The first kappa shape index (κ1) is 18.6. The van der Waals surface area contributed by atoms with Gasteiger partial charge < -0.3 is 15.4 Å². The Morgan fingerprint density at radius 3 is 2.52 bits per heavy atom. The number of carbonyl (C=O) groups excluding carboxylic acids is 2. The first-order valence-corrected chi connectivity index (χ1v) is 8.88. The van der Waals surface area contributed by atoms with E-state index in [1.165, 1.54) is 13.2 Å². The molecule has 6 nitrogen and oxygen atoms in total. The number of benzene rings is 2. The van der Waals surface area contributed by atoms with Gasteiger partial charge in [0.05, 0.1) is 16.8 Å². The van der Waals surface area contributed by atoms with Gasteiger partial charge in [0.25, 0.3) is 11.8 Å². The molecule has 0 spiro atoms. The first-order chi connectivity index (χ1) is 13.1. The highest BCUT2D eigenvalue weighted by Gasteiger charge is 2.13. The van der Waals surface area contributed by atoms with E-state index >= 15 is 0 Å². The van der Waals surface area contributed by atoms with E-state index in [1.807, 2.05) is 24.3 Å². The lowest BCUT2D eigenvalue weighted by atomic mass is 10.1. The molecule has 0 atom stereocenters. The van der Waals surface area contributed by atoms with Crippen LogP contribution in [0.2, 0.25) is 0 Å². The Labute approximate surface area is 164 Å². The van der Waals surface area contributed by atoms with Gasteiger partial charge in [-0.1, -0.05) is 34.1 Å². The van der Waals surface area contributed by atoms with Gasteiger partial charge >= 0.3 is 0 Å². The second kappa shape index (κ2) is 8.46. The molecule has 2 aromatic carbocycles. The molecule has 0 bridgehead atoms. The standard InChI is InChI=1S/C20H16BrN3O3/c1-22-20(26)16-7-2-3-8-17(16)24-19(25)13-9-10-18(23-12-13)27-15-6-4-5-14(21)11-15/h2-12H,1H3,(H,22,26)(H,24,25). The normalized spacial score (nSPS) is 10.1. The summed E-state index contributed by atoms with van der Waals surface area (Å²) in [5, 5.41) is 5.28. The molecule has 0 aliphatic heterocycles. The van der Waals surface area contributed by atoms with Crippen LogP contribution in [0.4, 0.5) is 5.69 Å². The van der Waals surface area contributed by atoms with Crippen LogP contribution in [0.5, 0.6) is 11.6 Å². The number of para-hydroxylation sites is 1. The summed E-state index contributed by atoms with van der Waals surface area (Å²) in [6.07, 6.45) is 1.42. The van der Waals surface area contributed by atoms with Crippen LogP contribution in [0.1, 0.15) is 20.7 Å². The molecule has 27 heavy (non-hydrogen) atoms. The summed E-state index contributed by atoms with van der Waals surface area (Å²) in [5.41, 5.74) is 1.16. The fraction of sp³-hybridized carbons (Fsp3) is 0.0500. The van der Waals surface area contributed by atoms with Crippen LogP contribution >= 0.6 is 15.9 Å². The van der Waals surface area contributed by atoms with Gasteiger partial charge in [0.15, 0.2) is 0 Å². The van der Waals surface area contributed by atoms with Gasteiger partial charge in [-0.05, 0) is 36.4 Å². The van der Waals surface area contributed by atoms with Crippen molar-refractivity contribution in [3.05, 3.63) is 82.5 Å². The van der Waals surface area contributed by atoms with Crippen molar-refractivity contribution >= 4 is 33.4 Å². The number of carbonyl (C=O) groups is 2. The van der Waals surface area contributed by atoms with Crippen LogP contribution in [0.25, 0.3) is 0 Å². The van der Waals surface area contributed by atoms with E-state index in [0.29, 0.717) is 28.4 Å². The third kappa shape index (κ3) is 4.71. The zero-order valence-electron chi connectivity index (χ0n) is 14.4. The zero-order valence-corrected chi connectivity index (χ0v) is 16.0. The van der Waals surface area contributed by atoms with Crippen molar-refractivity contribution in [3.63, 3.8) is 0 Å². The molecule has 2 amide bonds. The van der Waals surface area contributed by atoms with Crippen LogP contribution in [0.15, 0.2) is 71.3 Å². The van der Waals surface area contributed by atoms with E-state index in [2.05, 4.69) is 31.5 Å².